The van der Waals surface area contributed by atoms with E-state index >= 15 is 0 Å². The van der Waals surface area contributed by atoms with Crippen molar-refractivity contribution < 1.29 is 13.5 Å². The molecule has 1 aliphatic rings. The van der Waals surface area contributed by atoms with E-state index in [1.165, 1.54) is 16.7 Å². The molecular formula is C25H36ClN3O3S. The van der Waals surface area contributed by atoms with E-state index in [9.17, 15) is 8.42 Å². The van der Waals surface area contributed by atoms with Gasteiger partial charge in [0, 0.05) is 44.3 Å². The van der Waals surface area contributed by atoms with E-state index in [0.29, 0.717) is 6.42 Å². The van der Waals surface area contributed by atoms with Crippen LogP contribution in [-0.2, 0) is 16.6 Å². The Morgan fingerprint density at radius 3 is 2.27 bits per heavy atom. The maximum absolute atomic E-state index is 11.7. The standard InChI is InChI=1S/C25H36ClN3O3S/c26-24-11-9-22(10-12-24)25-8-4-3-7-23(25)21-29-17-15-28(16-18-29)14-5-1-2-6-20-33(31,32)27-13-19-30/h3-4,7-12,27,30H,1-2,5-6,13-21H2. The Morgan fingerprint density at radius 2 is 1.55 bits per heavy atom. The topological polar surface area (TPSA) is 72.9 Å². The predicted octanol–water partition coefficient (Wildman–Crippen LogP) is 3.60. The summed E-state index contributed by atoms with van der Waals surface area (Å²) in [5, 5.41) is 9.47. The van der Waals surface area contributed by atoms with Gasteiger partial charge in [0.1, 0.15) is 0 Å². The van der Waals surface area contributed by atoms with Crippen LogP contribution in [0.25, 0.3) is 11.1 Å². The van der Waals surface area contributed by atoms with Gasteiger partial charge < -0.3 is 10.0 Å². The van der Waals surface area contributed by atoms with Crippen LogP contribution in [0.2, 0.25) is 5.02 Å². The third-order valence-electron chi connectivity index (χ3n) is 6.10. The third kappa shape index (κ3) is 9.00. The number of unbranched alkanes of at least 4 members (excludes halogenated alkanes) is 3. The second-order valence-corrected chi connectivity index (χ2v) is 11.0. The average Bonchev–Trinajstić information content (AvgIpc) is 2.82. The molecule has 2 N–H and O–H groups in total. The van der Waals surface area contributed by atoms with Crippen molar-refractivity contribution in [2.24, 2.45) is 0 Å². The van der Waals surface area contributed by atoms with Crippen LogP contribution in [0, 0.1) is 0 Å². The first-order valence-electron chi connectivity index (χ1n) is 11.8. The van der Waals surface area contributed by atoms with Gasteiger partial charge in [0.2, 0.25) is 10.0 Å². The van der Waals surface area contributed by atoms with Gasteiger partial charge in [-0.25, -0.2) is 13.1 Å². The van der Waals surface area contributed by atoms with Gasteiger partial charge in [-0.2, -0.15) is 0 Å². The fraction of sp³-hybridized carbons (Fsp3) is 0.520. The first-order chi connectivity index (χ1) is 16.0. The highest BCUT2D eigenvalue weighted by atomic mass is 35.5. The first kappa shape index (κ1) is 26.1. The van der Waals surface area contributed by atoms with Crippen molar-refractivity contribution in [1.29, 1.82) is 0 Å². The Bertz CT molecular complexity index is 946. The highest BCUT2D eigenvalue weighted by Gasteiger charge is 2.18. The summed E-state index contributed by atoms with van der Waals surface area (Å²) in [6, 6.07) is 16.7. The number of hydrogen-bond acceptors (Lipinski definition) is 5. The Kier molecular flexibility index (Phi) is 10.6. The molecule has 0 saturated carbocycles. The number of piperazine rings is 1. The van der Waals surface area contributed by atoms with Gasteiger partial charge in [0.05, 0.1) is 12.4 Å². The number of nitrogens with zero attached hydrogens (tertiary/aromatic N) is 2. The minimum absolute atomic E-state index is 0.0982. The summed E-state index contributed by atoms with van der Waals surface area (Å²) in [4.78, 5) is 5.04. The zero-order valence-corrected chi connectivity index (χ0v) is 20.8. The quantitative estimate of drug-likeness (QED) is 0.417. The molecule has 33 heavy (non-hydrogen) atoms. The van der Waals surface area contributed by atoms with Crippen LogP contribution in [0.15, 0.2) is 48.5 Å². The van der Waals surface area contributed by atoms with Crippen molar-refractivity contribution in [2.75, 3.05) is 51.6 Å². The predicted molar refractivity (Wildman–Crippen MR) is 136 cm³/mol. The molecule has 0 spiro atoms. The Hall–Kier alpha value is -1.48. The van der Waals surface area contributed by atoms with E-state index in [1.807, 2.05) is 12.1 Å². The van der Waals surface area contributed by atoms with Gasteiger partial charge in [0.25, 0.3) is 0 Å². The summed E-state index contributed by atoms with van der Waals surface area (Å²) in [7, 11) is -3.24. The number of hydrogen-bond donors (Lipinski definition) is 2. The molecular weight excluding hydrogens is 458 g/mol. The highest BCUT2D eigenvalue weighted by molar-refractivity contribution is 7.89. The van der Waals surface area contributed by atoms with Crippen molar-refractivity contribution in [3.63, 3.8) is 0 Å². The maximum Gasteiger partial charge on any atom is 0.211 e. The number of aliphatic hydroxyl groups excluding tert-OH is 1. The molecule has 6 nitrogen and oxygen atoms in total. The molecule has 0 aliphatic carbocycles. The van der Waals surface area contributed by atoms with Crippen LogP contribution in [0.4, 0.5) is 0 Å². The molecule has 1 saturated heterocycles. The summed E-state index contributed by atoms with van der Waals surface area (Å²) in [5.41, 5.74) is 3.81. The number of rotatable bonds is 13. The van der Waals surface area contributed by atoms with Crippen LogP contribution in [0.5, 0.6) is 0 Å². The van der Waals surface area contributed by atoms with Gasteiger partial charge >= 0.3 is 0 Å². The molecule has 0 radical (unpaired) electrons. The number of sulfonamides is 1. The lowest BCUT2D eigenvalue weighted by atomic mass is 9.99. The van der Waals surface area contributed by atoms with Crippen molar-refractivity contribution in [2.45, 2.75) is 32.2 Å². The van der Waals surface area contributed by atoms with Crippen molar-refractivity contribution in [3.05, 3.63) is 59.1 Å². The van der Waals surface area contributed by atoms with E-state index < -0.39 is 10.0 Å². The van der Waals surface area contributed by atoms with Crippen LogP contribution >= 0.6 is 11.6 Å². The smallest absolute Gasteiger partial charge is 0.211 e. The second kappa shape index (κ2) is 13.4. The van der Waals surface area contributed by atoms with Gasteiger partial charge in [-0.1, -0.05) is 60.8 Å². The van der Waals surface area contributed by atoms with E-state index in [1.54, 1.807) is 0 Å². The lowest BCUT2D eigenvalue weighted by molar-refractivity contribution is 0.125. The van der Waals surface area contributed by atoms with E-state index in [-0.39, 0.29) is 18.9 Å². The van der Waals surface area contributed by atoms with E-state index in [2.05, 4.69) is 50.9 Å². The van der Waals surface area contributed by atoms with E-state index in [4.69, 9.17) is 16.7 Å². The minimum Gasteiger partial charge on any atom is -0.395 e. The Labute approximate surface area is 203 Å². The number of halogens is 1. The first-order valence-corrected chi connectivity index (χ1v) is 13.9. The average molecular weight is 494 g/mol. The van der Waals surface area contributed by atoms with Gasteiger partial charge in [0.15, 0.2) is 0 Å². The number of aliphatic hydroxyl groups is 1. The molecule has 1 fully saturated rings. The van der Waals surface area contributed by atoms with Crippen molar-refractivity contribution in [3.8, 4) is 11.1 Å². The fourth-order valence-corrected chi connectivity index (χ4v) is 5.49. The molecule has 2 aromatic rings. The summed E-state index contributed by atoms with van der Waals surface area (Å²) < 4.78 is 25.8. The second-order valence-electron chi connectivity index (χ2n) is 8.63. The SMILES string of the molecule is O=S(=O)(CCCCCCN1CCN(Cc2ccccc2-c2ccc(Cl)cc2)CC1)NCCO. The molecule has 0 aromatic heterocycles. The Morgan fingerprint density at radius 1 is 0.879 bits per heavy atom. The van der Waals surface area contributed by atoms with Crippen molar-refractivity contribution in [1.82, 2.24) is 14.5 Å². The molecule has 1 aliphatic heterocycles. The summed E-state index contributed by atoms with van der Waals surface area (Å²) >= 11 is 6.06. The molecule has 182 valence electrons. The van der Waals surface area contributed by atoms with Gasteiger partial charge in [-0.15, -0.1) is 0 Å². The third-order valence-corrected chi connectivity index (χ3v) is 7.82. The van der Waals surface area contributed by atoms with Crippen molar-refractivity contribution >= 4 is 21.6 Å². The molecule has 0 bridgehead atoms. The maximum atomic E-state index is 11.7. The molecule has 0 atom stereocenters. The largest absolute Gasteiger partial charge is 0.395 e. The molecule has 1 heterocycles. The van der Waals surface area contributed by atoms with Gasteiger partial charge in [-0.3, -0.25) is 4.90 Å². The Balaban J connectivity index is 1.35. The lowest BCUT2D eigenvalue weighted by Crippen LogP contribution is -2.46. The zero-order valence-electron chi connectivity index (χ0n) is 19.3. The number of benzene rings is 2. The summed E-state index contributed by atoms with van der Waals surface area (Å²) in [6.07, 6.45) is 3.73. The molecule has 2 aromatic carbocycles. The highest BCUT2D eigenvalue weighted by Crippen LogP contribution is 2.26. The van der Waals surface area contributed by atoms with Crippen LogP contribution in [0.3, 0.4) is 0 Å². The number of nitrogens with one attached hydrogen (secondary N) is 1. The minimum atomic E-state index is -3.24. The monoisotopic (exact) mass is 493 g/mol. The van der Waals surface area contributed by atoms with E-state index in [0.717, 1.165) is 63.6 Å². The van der Waals surface area contributed by atoms with Crippen LogP contribution in [0.1, 0.15) is 31.2 Å². The molecule has 3 rings (SSSR count). The lowest BCUT2D eigenvalue weighted by Gasteiger charge is -2.35. The van der Waals surface area contributed by atoms with Gasteiger partial charge in [-0.05, 0) is 48.2 Å². The molecule has 0 unspecified atom stereocenters. The molecule has 8 heteroatoms. The van der Waals surface area contributed by atoms with Crippen LogP contribution < -0.4 is 4.72 Å². The van der Waals surface area contributed by atoms with Crippen LogP contribution in [-0.4, -0.2) is 75.0 Å². The summed E-state index contributed by atoms with van der Waals surface area (Å²) in [5.74, 6) is 0.142. The normalized spacial score (nSPS) is 15.7. The fourth-order valence-electron chi connectivity index (χ4n) is 4.24. The zero-order chi connectivity index (χ0) is 23.5. The summed E-state index contributed by atoms with van der Waals surface area (Å²) in [6.45, 7) is 6.22. The molecule has 0 amide bonds.